The monoisotopic (exact) mass is 341 g/mol. The Morgan fingerprint density at radius 3 is 2.30 bits per heavy atom. The number of rotatable bonds is 7. The smallest absolute Gasteiger partial charge is 0.214 e. The van der Waals surface area contributed by atoms with Crippen LogP contribution < -0.4 is 4.74 Å². The van der Waals surface area contributed by atoms with Gasteiger partial charge in [0, 0.05) is 58.9 Å². The Kier molecular flexibility index (Phi) is 6.41. The maximum absolute atomic E-state index is 11.8. The summed E-state index contributed by atoms with van der Waals surface area (Å²) in [6.07, 6.45) is 0. The summed E-state index contributed by atoms with van der Waals surface area (Å²) in [5.41, 5.74) is 1.19. The molecule has 7 heteroatoms. The second kappa shape index (κ2) is 8.10. The van der Waals surface area contributed by atoms with E-state index in [1.807, 2.05) is 18.2 Å². The predicted molar refractivity (Wildman–Crippen MR) is 92.2 cm³/mol. The number of benzene rings is 1. The van der Waals surface area contributed by atoms with E-state index in [0.717, 1.165) is 38.5 Å². The zero-order valence-corrected chi connectivity index (χ0v) is 15.1. The first-order valence-corrected chi connectivity index (χ1v) is 9.50. The molecule has 1 aromatic carbocycles. The molecule has 1 fully saturated rings. The number of ether oxygens (including phenoxy) is 1. The molecule has 1 aliphatic rings. The maximum atomic E-state index is 11.8. The molecule has 130 valence electrons. The highest BCUT2D eigenvalue weighted by molar-refractivity contribution is 7.89. The highest BCUT2D eigenvalue weighted by atomic mass is 32.2. The van der Waals surface area contributed by atoms with E-state index < -0.39 is 10.0 Å². The first-order valence-electron chi connectivity index (χ1n) is 7.89. The van der Waals surface area contributed by atoms with Gasteiger partial charge in [-0.2, -0.15) is 0 Å². The van der Waals surface area contributed by atoms with E-state index in [9.17, 15) is 8.42 Å². The molecule has 0 spiro atoms. The van der Waals surface area contributed by atoms with Crippen LogP contribution in [0.4, 0.5) is 0 Å². The molecule has 1 heterocycles. The molecule has 23 heavy (non-hydrogen) atoms. The van der Waals surface area contributed by atoms with E-state index in [1.54, 1.807) is 21.2 Å². The number of hydrogen-bond acceptors (Lipinski definition) is 5. The Balaban J connectivity index is 1.80. The number of sulfonamides is 1. The van der Waals surface area contributed by atoms with E-state index in [2.05, 4.69) is 15.9 Å². The summed E-state index contributed by atoms with van der Waals surface area (Å²) in [4.78, 5) is 4.61. The lowest BCUT2D eigenvalue weighted by molar-refractivity contribution is 0.131. The van der Waals surface area contributed by atoms with Crippen molar-refractivity contribution in [2.24, 2.45) is 0 Å². The van der Waals surface area contributed by atoms with Gasteiger partial charge >= 0.3 is 0 Å². The zero-order chi connectivity index (χ0) is 16.9. The second-order valence-electron chi connectivity index (χ2n) is 6.03. The summed E-state index contributed by atoms with van der Waals surface area (Å²) in [6, 6.07) is 8.08. The van der Waals surface area contributed by atoms with Gasteiger partial charge in [-0.25, -0.2) is 12.7 Å². The number of hydrogen-bond donors (Lipinski definition) is 0. The third kappa shape index (κ3) is 5.17. The third-order valence-corrected chi connectivity index (χ3v) is 6.08. The molecule has 0 amide bonds. The molecule has 0 bridgehead atoms. The molecule has 1 aromatic rings. The van der Waals surface area contributed by atoms with Gasteiger partial charge in [-0.1, -0.05) is 18.2 Å². The molecule has 0 unspecified atom stereocenters. The molecule has 6 nitrogen and oxygen atoms in total. The summed E-state index contributed by atoms with van der Waals surface area (Å²) >= 11 is 0. The van der Waals surface area contributed by atoms with Crippen LogP contribution in [0.5, 0.6) is 5.75 Å². The minimum absolute atomic E-state index is 0.187. The fourth-order valence-corrected chi connectivity index (χ4v) is 3.53. The lowest BCUT2D eigenvalue weighted by Crippen LogP contribution is -2.47. The van der Waals surface area contributed by atoms with Crippen LogP contribution in [0.15, 0.2) is 24.3 Å². The van der Waals surface area contributed by atoms with Crippen molar-refractivity contribution < 1.29 is 13.2 Å². The minimum Gasteiger partial charge on any atom is -0.496 e. The number of piperazine rings is 1. The van der Waals surface area contributed by atoms with Gasteiger partial charge in [-0.15, -0.1) is 0 Å². The summed E-state index contributed by atoms with van der Waals surface area (Å²) in [5, 5.41) is 0. The Bertz CT molecular complexity index is 596. The van der Waals surface area contributed by atoms with Gasteiger partial charge < -0.3 is 4.74 Å². The molecule has 0 saturated carbocycles. The van der Waals surface area contributed by atoms with Crippen molar-refractivity contribution in [3.8, 4) is 5.75 Å². The van der Waals surface area contributed by atoms with Gasteiger partial charge in [0.2, 0.25) is 10.0 Å². The van der Waals surface area contributed by atoms with Gasteiger partial charge in [-0.05, 0) is 6.07 Å². The average molecular weight is 341 g/mol. The summed E-state index contributed by atoms with van der Waals surface area (Å²) < 4.78 is 30.3. The normalized spacial score (nSPS) is 17.6. The van der Waals surface area contributed by atoms with Crippen LogP contribution in [0.2, 0.25) is 0 Å². The highest BCUT2D eigenvalue weighted by Crippen LogP contribution is 2.19. The summed E-state index contributed by atoms with van der Waals surface area (Å²) in [5.74, 6) is 1.11. The molecule has 0 aromatic heterocycles. The van der Waals surface area contributed by atoms with E-state index in [1.165, 1.54) is 9.87 Å². The topological polar surface area (TPSA) is 53.1 Å². The fourth-order valence-electron chi connectivity index (χ4n) is 2.67. The van der Waals surface area contributed by atoms with Crippen LogP contribution >= 0.6 is 0 Å². The van der Waals surface area contributed by atoms with Gasteiger partial charge in [0.25, 0.3) is 0 Å². The van der Waals surface area contributed by atoms with Crippen molar-refractivity contribution in [2.45, 2.75) is 6.54 Å². The van der Waals surface area contributed by atoms with Crippen molar-refractivity contribution in [1.82, 2.24) is 14.1 Å². The number of nitrogens with zero attached hydrogens (tertiary/aromatic N) is 3. The molecule has 0 radical (unpaired) electrons. The number of methoxy groups -OCH3 is 1. The SMILES string of the molecule is COc1ccccc1CN1CCN(CCS(=O)(=O)N(C)C)CC1. The largest absolute Gasteiger partial charge is 0.496 e. The quantitative estimate of drug-likeness (QED) is 0.731. The molecule has 0 atom stereocenters. The fraction of sp³-hybridized carbons (Fsp3) is 0.625. The minimum atomic E-state index is -3.11. The van der Waals surface area contributed by atoms with Crippen LogP contribution in [0.3, 0.4) is 0 Å². The van der Waals surface area contributed by atoms with Crippen molar-refractivity contribution in [1.29, 1.82) is 0 Å². The summed E-state index contributed by atoms with van der Waals surface area (Å²) in [7, 11) is 1.76. The van der Waals surface area contributed by atoms with E-state index in [-0.39, 0.29) is 5.75 Å². The predicted octanol–water partition coefficient (Wildman–Crippen LogP) is 0.704. The first kappa shape index (κ1) is 18.2. The molecule has 0 N–H and O–H groups in total. The average Bonchev–Trinajstić information content (AvgIpc) is 2.54. The van der Waals surface area contributed by atoms with Gasteiger partial charge in [-0.3, -0.25) is 9.80 Å². The Morgan fingerprint density at radius 2 is 1.70 bits per heavy atom. The van der Waals surface area contributed by atoms with E-state index >= 15 is 0 Å². The summed E-state index contributed by atoms with van der Waals surface area (Å²) in [6.45, 7) is 5.16. The standard InChI is InChI=1S/C16H27N3O3S/c1-17(2)23(20,21)13-12-18-8-10-19(11-9-18)14-15-6-4-5-7-16(15)22-3/h4-7H,8-14H2,1-3H3. The third-order valence-electron chi connectivity index (χ3n) is 4.27. The van der Waals surface area contributed by atoms with Crippen molar-refractivity contribution in [3.05, 3.63) is 29.8 Å². The van der Waals surface area contributed by atoms with Gasteiger partial charge in [0.15, 0.2) is 0 Å². The van der Waals surface area contributed by atoms with E-state index in [0.29, 0.717) is 6.54 Å². The van der Waals surface area contributed by atoms with Gasteiger partial charge in [0.05, 0.1) is 12.9 Å². The molecular weight excluding hydrogens is 314 g/mol. The molecule has 1 aliphatic heterocycles. The van der Waals surface area contributed by atoms with E-state index in [4.69, 9.17) is 4.74 Å². The Hall–Kier alpha value is -1.15. The molecular formula is C16H27N3O3S. The molecule has 2 rings (SSSR count). The maximum Gasteiger partial charge on any atom is 0.214 e. The van der Waals surface area contributed by atoms with Gasteiger partial charge in [0.1, 0.15) is 5.75 Å². The lowest BCUT2D eigenvalue weighted by atomic mass is 10.1. The molecule has 0 aliphatic carbocycles. The van der Waals surface area contributed by atoms with Crippen LogP contribution in [0.1, 0.15) is 5.56 Å². The van der Waals surface area contributed by atoms with Crippen molar-refractivity contribution in [3.63, 3.8) is 0 Å². The van der Waals surface area contributed by atoms with Crippen LogP contribution in [-0.2, 0) is 16.6 Å². The highest BCUT2D eigenvalue weighted by Gasteiger charge is 2.21. The number of para-hydroxylation sites is 1. The van der Waals surface area contributed by atoms with Crippen molar-refractivity contribution >= 4 is 10.0 Å². The Morgan fingerprint density at radius 1 is 1.09 bits per heavy atom. The first-order chi connectivity index (χ1) is 10.9. The second-order valence-corrected chi connectivity index (χ2v) is 8.33. The van der Waals surface area contributed by atoms with Crippen LogP contribution in [0.25, 0.3) is 0 Å². The van der Waals surface area contributed by atoms with Crippen LogP contribution in [0, 0.1) is 0 Å². The Labute approximate surface area is 139 Å². The van der Waals surface area contributed by atoms with Crippen molar-refractivity contribution in [2.75, 3.05) is 59.7 Å². The molecule has 1 saturated heterocycles. The zero-order valence-electron chi connectivity index (χ0n) is 14.2. The van der Waals surface area contributed by atoms with Crippen LogP contribution in [-0.4, -0.2) is 82.2 Å². The lowest BCUT2D eigenvalue weighted by Gasteiger charge is -2.35.